The maximum atomic E-state index is 5.93. The summed E-state index contributed by atoms with van der Waals surface area (Å²) in [5, 5.41) is 3.51. The first-order valence-corrected chi connectivity index (χ1v) is 8.82. The monoisotopic (exact) mass is 314 g/mol. The Labute approximate surface area is 132 Å². The zero-order valence-corrected chi connectivity index (χ0v) is 14.5. The molecule has 0 bridgehead atoms. The summed E-state index contributed by atoms with van der Waals surface area (Å²) in [4.78, 5) is 3.91. The second-order valence-electron chi connectivity index (χ2n) is 6.86. The van der Waals surface area contributed by atoms with E-state index in [2.05, 4.69) is 37.1 Å². The molecular weight excluding hydrogens is 288 g/mol. The van der Waals surface area contributed by atoms with Gasteiger partial charge in [-0.25, -0.2) is 0 Å². The molecule has 1 aromatic rings. The number of nitrogens with one attached hydrogen (secondary N) is 1. The average molecular weight is 315 g/mol. The molecule has 2 nitrogen and oxygen atoms in total. The molecule has 114 valence electrons. The zero-order valence-electron chi connectivity index (χ0n) is 12.9. The van der Waals surface area contributed by atoms with E-state index >= 15 is 0 Å². The fourth-order valence-corrected chi connectivity index (χ4v) is 3.98. The highest BCUT2D eigenvalue weighted by Crippen LogP contribution is 2.34. The molecule has 2 rings (SSSR count). The van der Waals surface area contributed by atoms with Crippen LogP contribution in [0.25, 0.3) is 0 Å². The lowest BCUT2D eigenvalue weighted by atomic mass is 9.75. The lowest BCUT2D eigenvalue weighted by Crippen LogP contribution is -2.40. The van der Waals surface area contributed by atoms with Gasteiger partial charge in [-0.2, -0.15) is 0 Å². The van der Waals surface area contributed by atoms with Crippen LogP contribution >= 0.6 is 22.9 Å². The van der Waals surface area contributed by atoms with Gasteiger partial charge >= 0.3 is 0 Å². The summed E-state index contributed by atoms with van der Waals surface area (Å²) in [7, 11) is 0. The van der Waals surface area contributed by atoms with Crippen molar-refractivity contribution in [2.75, 3.05) is 26.2 Å². The van der Waals surface area contributed by atoms with E-state index in [4.69, 9.17) is 11.6 Å². The second kappa shape index (κ2) is 7.26. The summed E-state index contributed by atoms with van der Waals surface area (Å²) in [6.07, 6.45) is 2.70. The molecule has 0 spiro atoms. The van der Waals surface area contributed by atoms with E-state index in [1.54, 1.807) is 11.3 Å². The predicted octanol–water partition coefficient (Wildman–Crippen LogP) is 4.25. The van der Waals surface area contributed by atoms with Gasteiger partial charge in [0.1, 0.15) is 0 Å². The molecule has 0 unspecified atom stereocenters. The molecule has 0 aromatic carbocycles. The fraction of sp³-hybridized carbons (Fsp3) is 0.750. The van der Waals surface area contributed by atoms with Crippen molar-refractivity contribution in [3.63, 3.8) is 0 Å². The van der Waals surface area contributed by atoms with Gasteiger partial charge in [-0.1, -0.05) is 32.4 Å². The third-order valence-electron chi connectivity index (χ3n) is 4.35. The number of thiophene rings is 1. The Bertz CT molecular complexity index is 403. The van der Waals surface area contributed by atoms with Crippen molar-refractivity contribution in [3.8, 4) is 0 Å². The Balaban J connectivity index is 1.59. The van der Waals surface area contributed by atoms with Crippen LogP contribution in [-0.4, -0.2) is 31.1 Å². The first kappa shape index (κ1) is 16.3. The van der Waals surface area contributed by atoms with E-state index in [0.29, 0.717) is 5.41 Å². The van der Waals surface area contributed by atoms with Crippen LogP contribution in [-0.2, 0) is 6.54 Å². The minimum absolute atomic E-state index is 0.475. The number of hydrogen-bond acceptors (Lipinski definition) is 3. The topological polar surface area (TPSA) is 15.3 Å². The van der Waals surface area contributed by atoms with Crippen molar-refractivity contribution in [3.05, 3.63) is 21.3 Å². The number of piperidine rings is 1. The van der Waals surface area contributed by atoms with Gasteiger partial charge in [-0.05, 0) is 49.4 Å². The minimum Gasteiger partial charge on any atom is -0.311 e. The Kier molecular flexibility index (Phi) is 5.91. The maximum Gasteiger partial charge on any atom is 0.0931 e. The smallest absolute Gasteiger partial charge is 0.0931 e. The van der Waals surface area contributed by atoms with Gasteiger partial charge in [-0.15, -0.1) is 11.3 Å². The average Bonchev–Trinajstić information content (AvgIpc) is 2.80. The first-order chi connectivity index (χ1) is 9.45. The quantitative estimate of drug-likeness (QED) is 0.817. The highest BCUT2D eigenvalue weighted by Gasteiger charge is 2.28. The van der Waals surface area contributed by atoms with Crippen molar-refractivity contribution in [2.24, 2.45) is 11.3 Å². The minimum atomic E-state index is 0.475. The predicted molar refractivity (Wildman–Crippen MR) is 89.7 cm³/mol. The number of nitrogens with zero attached hydrogens (tertiary/aromatic N) is 1. The number of likely N-dealkylation sites (tertiary alicyclic amines) is 1. The van der Waals surface area contributed by atoms with E-state index in [9.17, 15) is 0 Å². The van der Waals surface area contributed by atoms with Crippen LogP contribution in [0.15, 0.2) is 12.1 Å². The van der Waals surface area contributed by atoms with Crippen LogP contribution in [0, 0.1) is 11.3 Å². The van der Waals surface area contributed by atoms with E-state index in [1.165, 1.54) is 30.8 Å². The van der Waals surface area contributed by atoms with E-state index in [0.717, 1.165) is 29.9 Å². The van der Waals surface area contributed by atoms with Gasteiger partial charge in [0.05, 0.1) is 4.34 Å². The molecule has 1 aliphatic rings. The molecule has 20 heavy (non-hydrogen) atoms. The van der Waals surface area contributed by atoms with Crippen LogP contribution in [0.3, 0.4) is 0 Å². The molecule has 1 saturated heterocycles. The summed E-state index contributed by atoms with van der Waals surface area (Å²) in [6.45, 7) is 12.8. The summed E-state index contributed by atoms with van der Waals surface area (Å²) in [6, 6.07) is 4.08. The van der Waals surface area contributed by atoms with E-state index in [-0.39, 0.29) is 0 Å². The molecular formula is C16H27ClN2S. The van der Waals surface area contributed by atoms with Gasteiger partial charge in [0, 0.05) is 24.5 Å². The van der Waals surface area contributed by atoms with E-state index < -0.39 is 0 Å². The summed E-state index contributed by atoms with van der Waals surface area (Å²) in [5.74, 6) is 0.889. The molecule has 1 aromatic heterocycles. The van der Waals surface area contributed by atoms with Gasteiger partial charge in [0.2, 0.25) is 0 Å². The van der Waals surface area contributed by atoms with Gasteiger partial charge < -0.3 is 10.2 Å². The van der Waals surface area contributed by atoms with Crippen molar-refractivity contribution in [1.82, 2.24) is 10.2 Å². The molecule has 1 aliphatic heterocycles. The number of rotatable bonds is 5. The van der Waals surface area contributed by atoms with Gasteiger partial charge in [-0.3, -0.25) is 0 Å². The fourth-order valence-electron chi connectivity index (χ4n) is 2.92. The zero-order chi connectivity index (χ0) is 14.6. The van der Waals surface area contributed by atoms with Crippen LogP contribution in [0.5, 0.6) is 0 Å². The summed E-state index contributed by atoms with van der Waals surface area (Å²) in [5.41, 5.74) is 0.475. The SMILES string of the molecule is CC(C)(C)C1CCN(CCNCc2ccc(Cl)s2)CC1. The Hall–Kier alpha value is -0.0900. The first-order valence-electron chi connectivity index (χ1n) is 7.62. The maximum absolute atomic E-state index is 5.93. The molecule has 0 atom stereocenters. The molecule has 4 heteroatoms. The van der Waals surface area contributed by atoms with E-state index in [1.807, 2.05) is 6.07 Å². The standard InChI is InChI=1S/C16H27ClN2S/c1-16(2,3)13-6-9-19(10-7-13)11-8-18-12-14-4-5-15(17)20-14/h4-5,13,18H,6-12H2,1-3H3. The number of halogens is 1. The van der Waals surface area contributed by atoms with Crippen LogP contribution in [0.1, 0.15) is 38.5 Å². The third-order valence-corrected chi connectivity index (χ3v) is 5.58. The molecule has 0 radical (unpaired) electrons. The normalized spacial score (nSPS) is 18.6. The molecule has 2 heterocycles. The van der Waals surface area contributed by atoms with Crippen molar-refractivity contribution >= 4 is 22.9 Å². The lowest BCUT2D eigenvalue weighted by molar-refractivity contribution is 0.113. The molecule has 0 amide bonds. The van der Waals surface area contributed by atoms with Gasteiger partial charge in [0.25, 0.3) is 0 Å². The highest BCUT2D eigenvalue weighted by atomic mass is 35.5. The molecule has 1 N–H and O–H groups in total. The van der Waals surface area contributed by atoms with Gasteiger partial charge in [0.15, 0.2) is 0 Å². The molecule has 1 fully saturated rings. The highest BCUT2D eigenvalue weighted by molar-refractivity contribution is 7.16. The Morgan fingerprint density at radius 1 is 1.30 bits per heavy atom. The van der Waals surface area contributed by atoms with Crippen molar-refractivity contribution in [2.45, 2.75) is 40.2 Å². The summed E-state index contributed by atoms with van der Waals surface area (Å²) >= 11 is 7.59. The molecule has 0 aliphatic carbocycles. The van der Waals surface area contributed by atoms with Crippen molar-refractivity contribution < 1.29 is 0 Å². The van der Waals surface area contributed by atoms with Crippen LogP contribution < -0.4 is 5.32 Å². The van der Waals surface area contributed by atoms with Crippen LogP contribution in [0.2, 0.25) is 4.34 Å². The Morgan fingerprint density at radius 2 is 2.00 bits per heavy atom. The van der Waals surface area contributed by atoms with Crippen molar-refractivity contribution in [1.29, 1.82) is 0 Å². The number of hydrogen-bond donors (Lipinski definition) is 1. The third kappa shape index (κ3) is 5.03. The second-order valence-corrected chi connectivity index (χ2v) is 8.66. The largest absolute Gasteiger partial charge is 0.311 e. The Morgan fingerprint density at radius 3 is 2.55 bits per heavy atom. The summed E-state index contributed by atoms with van der Waals surface area (Å²) < 4.78 is 0.881. The lowest BCUT2D eigenvalue weighted by Gasteiger charge is -2.38. The molecule has 0 saturated carbocycles. The van der Waals surface area contributed by atoms with Crippen LogP contribution in [0.4, 0.5) is 0 Å².